The highest BCUT2D eigenvalue weighted by Gasteiger charge is 2.26. The molecule has 21 heavy (non-hydrogen) atoms. The molecule has 8 heteroatoms. The molecule has 0 aromatic carbocycles. The van der Waals surface area contributed by atoms with Gasteiger partial charge in [0.15, 0.2) is 0 Å². The number of urea groups is 1. The lowest BCUT2D eigenvalue weighted by atomic mass is 10.1. The van der Waals surface area contributed by atoms with Crippen LogP contribution in [-0.2, 0) is 14.3 Å². The number of carboxylic acid groups (broad SMARTS) is 1. The number of aliphatic hydroxyl groups is 1. The van der Waals surface area contributed by atoms with Crippen molar-refractivity contribution in [1.82, 2.24) is 10.2 Å². The summed E-state index contributed by atoms with van der Waals surface area (Å²) in [6, 6.07) is -1.79. The Bertz CT molecular complexity index is 377. The Morgan fingerprint density at radius 1 is 1.33 bits per heavy atom. The molecule has 1 atom stereocenters. The molecule has 0 unspecified atom stereocenters. The van der Waals surface area contributed by atoms with Gasteiger partial charge in [-0.15, -0.1) is 0 Å². The summed E-state index contributed by atoms with van der Waals surface area (Å²) in [6.45, 7) is 5.21. The number of hydrogen-bond donors (Lipinski definition) is 3. The number of ether oxygens (including phenoxy) is 1. The van der Waals surface area contributed by atoms with Crippen LogP contribution in [0.15, 0.2) is 0 Å². The first kappa shape index (κ1) is 19.2. The normalized spacial score (nSPS) is 12.4. The minimum atomic E-state index is -1.23. The van der Waals surface area contributed by atoms with E-state index in [0.717, 1.165) is 0 Å². The van der Waals surface area contributed by atoms with Crippen LogP contribution in [0.3, 0.4) is 0 Å². The van der Waals surface area contributed by atoms with E-state index < -0.39 is 29.6 Å². The molecule has 0 bridgehead atoms. The topological polar surface area (TPSA) is 116 Å². The summed E-state index contributed by atoms with van der Waals surface area (Å²) in [5, 5.41) is 21.1. The molecule has 0 fully saturated rings. The van der Waals surface area contributed by atoms with Crippen LogP contribution in [0.1, 0.15) is 33.6 Å². The third kappa shape index (κ3) is 8.13. The van der Waals surface area contributed by atoms with Gasteiger partial charge in [0, 0.05) is 13.0 Å². The van der Waals surface area contributed by atoms with E-state index in [0.29, 0.717) is 6.54 Å². The van der Waals surface area contributed by atoms with Gasteiger partial charge in [-0.1, -0.05) is 0 Å². The van der Waals surface area contributed by atoms with Crippen molar-refractivity contribution >= 4 is 18.0 Å². The number of carbonyl (C=O) groups excluding carboxylic acids is 2. The summed E-state index contributed by atoms with van der Waals surface area (Å²) >= 11 is 0. The number of aliphatic carboxylic acids is 1. The maximum Gasteiger partial charge on any atom is 0.326 e. The van der Waals surface area contributed by atoms with Crippen molar-refractivity contribution in [2.24, 2.45) is 0 Å². The van der Waals surface area contributed by atoms with Crippen LogP contribution in [-0.4, -0.2) is 64.9 Å². The van der Waals surface area contributed by atoms with Crippen molar-refractivity contribution in [2.75, 3.05) is 20.2 Å². The third-order valence-electron chi connectivity index (χ3n) is 2.71. The van der Waals surface area contributed by atoms with Gasteiger partial charge in [0.05, 0.1) is 19.3 Å². The lowest BCUT2D eigenvalue weighted by Gasteiger charge is -2.29. The van der Waals surface area contributed by atoms with Crippen molar-refractivity contribution in [3.05, 3.63) is 0 Å². The van der Waals surface area contributed by atoms with Crippen LogP contribution in [0.4, 0.5) is 4.79 Å². The van der Waals surface area contributed by atoms with Crippen LogP contribution < -0.4 is 5.32 Å². The molecule has 0 saturated heterocycles. The first-order valence-corrected chi connectivity index (χ1v) is 6.68. The van der Waals surface area contributed by atoms with Gasteiger partial charge >= 0.3 is 18.0 Å². The summed E-state index contributed by atoms with van der Waals surface area (Å²) in [5.41, 5.74) is -1.09. The van der Waals surface area contributed by atoms with Gasteiger partial charge in [-0.2, -0.15) is 0 Å². The number of methoxy groups -OCH3 is 1. The molecular formula is C13H24N2O6. The van der Waals surface area contributed by atoms with Crippen molar-refractivity contribution in [3.63, 3.8) is 0 Å². The molecule has 0 aromatic rings. The largest absolute Gasteiger partial charge is 0.480 e. The molecule has 0 aliphatic rings. The smallest absolute Gasteiger partial charge is 0.326 e. The minimum absolute atomic E-state index is 0.0617. The van der Waals surface area contributed by atoms with Crippen LogP contribution in [0, 0.1) is 0 Å². The maximum atomic E-state index is 12.0. The van der Waals surface area contributed by atoms with Crippen LogP contribution in [0.2, 0.25) is 0 Å². The van der Waals surface area contributed by atoms with Gasteiger partial charge in [-0.25, -0.2) is 9.59 Å². The minimum Gasteiger partial charge on any atom is -0.480 e. The monoisotopic (exact) mass is 304 g/mol. The molecule has 0 aromatic heterocycles. The van der Waals surface area contributed by atoms with Crippen LogP contribution in [0.25, 0.3) is 0 Å². The lowest BCUT2D eigenvalue weighted by molar-refractivity contribution is -0.142. The molecular weight excluding hydrogens is 280 g/mol. The van der Waals surface area contributed by atoms with Gasteiger partial charge in [-0.05, 0) is 27.2 Å². The van der Waals surface area contributed by atoms with E-state index in [1.165, 1.54) is 12.0 Å². The van der Waals surface area contributed by atoms with E-state index in [4.69, 9.17) is 5.11 Å². The number of likely N-dealkylation sites (N-methyl/N-ethyl adjacent to an activating group) is 1. The first-order chi connectivity index (χ1) is 9.60. The van der Waals surface area contributed by atoms with E-state index in [1.807, 2.05) is 0 Å². The Hall–Kier alpha value is -1.83. The number of carboxylic acids is 1. The van der Waals surface area contributed by atoms with E-state index in [2.05, 4.69) is 10.1 Å². The zero-order valence-corrected chi connectivity index (χ0v) is 12.9. The molecule has 0 rings (SSSR count). The fourth-order valence-corrected chi connectivity index (χ4v) is 1.66. The lowest BCUT2D eigenvalue weighted by Crippen LogP contribution is -2.51. The summed E-state index contributed by atoms with van der Waals surface area (Å²) < 4.78 is 4.43. The van der Waals surface area contributed by atoms with Crippen LogP contribution >= 0.6 is 0 Å². The van der Waals surface area contributed by atoms with Crippen molar-refractivity contribution in [3.8, 4) is 0 Å². The van der Waals surface area contributed by atoms with E-state index in [-0.39, 0.29) is 19.4 Å². The van der Waals surface area contributed by atoms with Crippen LogP contribution in [0.5, 0.6) is 0 Å². The molecule has 3 N–H and O–H groups in total. The highest BCUT2D eigenvalue weighted by Crippen LogP contribution is 2.06. The molecule has 122 valence electrons. The fraction of sp³-hybridized carbons (Fsp3) is 0.769. The first-order valence-electron chi connectivity index (χ1n) is 6.68. The highest BCUT2D eigenvalue weighted by atomic mass is 16.5. The molecule has 2 amide bonds. The Morgan fingerprint density at radius 2 is 1.90 bits per heavy atom. The predicted octanol–water partition coefficient (Wildman–Crippen LogP) is 0.195. The van der Waals surface area contributed by atoms with Crippen molar-refractivity contribution in [2.45, 2.75) is 45.3 Å². The highest BCUT2D eigenvalue weighted by molar-refractivity contribution is 5.83. The third-order valence-corrected chi connectivity index (χ3v) is 2.71. The zero-order chi connectivity index (χ0) is 16.6. The van der Waals surface area contributed by atoms with Gasteiger partial charge < -0.3 is 25.2 Å². The number of esters is 1. The van der Waals surface area contributed by atoms with Crippen molar-refractivity contribution < 1.29 is 29.3 Å². The summed E-state index contributed by atoms with van der Waals surface area (Å²) in [4.78, 5) is 35.4. The molecule has 0 saturated carbocycles. The molecule has 0 spiro atoms. The summed E-state index contributed by atoms with van der Waals surface area (Å²) in [5.74, 6) is -1.77. The average Bonchev–Trinajstić information content (AvgIpc) is 2.38. The molecule has 0 aliphatic carbocycles. The van der Waals surface area contributed by atoms with E-state index in [9.17, 15) is 19.5 Å². The molecule has 0 radical (unpaired) electrons. The number of hydrogen-bond acceptors (Lipinski definition) is 5. The second-order valence-electron chi connectivity index (χ2n) is 5.28. The second-order valence-corrected chi connectivity index (χ2v) is 5.28. The SMILES string of the molecule is CCN(CC(C)(C)O)C(=O)N[C@H](CCC(=O)OC)C(=O)O. The Kier molecular flexibility index (Phi) is 7.72. The second kappa shape index (κ2) is 8.46. The number of carbonyl (C=O) groups is 3. The predicted molar refractivity (Wildman–Crippen MR) is 74.8 cm³/mol. The van der Waals surface area contributed by atoms with Gasteiger partial charge in [0.1, 0.15) is 6.04 Å². The summed E-state index contributed by atoms with van der Waals surface area (Å²) in [6.07, 6.45) is -0.167. The van der Waals surface area contributed by atoms with Crippen molar-refractivity contribution in [1.29, 1.82) is 0 Å². The van der Waals surface area contributed by atoms with Gasteiger partial charge in [-0.3, -0.25) is 4.79 Å². The standard InChI is InChI=1S/C13H24N2O6/c1-5-15(8-13(2,3)20)12(19)14-9(11(17)18)6-7-10(16)21-4/h9,20H,5-8H2,1-4H3,(H,14,19)(H,17,18)/t9-/m1/s1. The molecule has 0 aliphatic heterocycles. The van der Waals surface area contributed by atoms with E-state index in [1.54, 1.807) is 20.8 Å². The molecule has 0 heterocycles. The van der Waals surface area contributed by atoms with Gasteiger partial charge in [0.25, 0.3) is 0 Å². The number of nitrogens with one attached hydrogen (secondary N) is 1. The number of rotatable bonds is 8. The maximum absolute atomic E-state index is 12.0. The molecule has 8 nitrogen and oxygen atoms in total. The summed E-state index contributed by atoms with van der Waals surface area (Å²) in [7, 11) is 1.21. The quantitative estimate of drug-likeness (QED) is 0.551. The van der Waals surface area contributed by atoms with Gasteiger partial charge in [0.2, 0.25) is 0 Å². The fourth-order valence-electron chi connectivity index (χ4n) is 1.66. The average molecular weight is 304 g/mol. The Balaban J connectivity index is 4.64. The zero-order valence-electron chi connectivity index (χ0n) is 12.9. The number of nitrogens with zero attached hydrogens (tertiary/aromatic N) is 1. The number of amides is 2. The Morgan fingerprint density at radius 3 is 2.29 bits per heavy atom. The van der Waals surface area contributed by atoms with E-state index >= 15 is 0 Å². The Labute approximate surface area is 124 Å².